The lowest BCUT2D eigenvalue weighted by Gasteiger charge is -2.34. The van der Waals surface area contributed by atoms with Gasteiger partial charge in [-0.15, -0.1) is 11.8 Å². The zero-order valence-electron chi connectivity index (χ0n) is 11.3. The summed E-state index contributed by atoms with van der Waals surface area (Å²) in [5.41, 5.74) is 0. The molecule has 6 heteroatoms. The molecule has 2 amide bonds. The van der Waals surface area contributed by atoms with E-state index in [1.54, 1.807) is 23.6 Å². The van der Waals surface area contributed by atoms with Gasteiger partial charge >= 0.3 is 0 Å². The SMILES string of the molecule is CC(=O)N1CCN(C(=O)CSc2ccc(Br)cc2)CC1. The zero-order valence-corrected chi connectivity index (χ0v) is 13.7. The third-order valence-corrected chi connectivity index (χ3v) is 4.78. The average molecular weight is 357 g/mol. The van der Waals surface area contributed by atoms with Crippen molar-refractivity contribution in [2.75, 3.05) is 31.9 Å². The number of hydrogen-bond donors (Lipinski definition) is 0. The number of benzene rings is 1. The highest BCUT2D eigenvalue weighted by Crippen LogP contribution is 2.21. The van der Waals surface area contributed by atoms with Crippen molar-refractivity contribution in [3.05, 3.63) is 28.7 Å². The molecule has 0 bridgehead atoms. The van der Waals surface area contributed by atoms with Crippen molar-refractivity contribution in [3.63, 3.8) is 0 Å². The van der Waals surface area contributed by atoms with Crippen LogP contribution in [0.1, 0.15) is 6.92 Å². The predicted octanol–water partition coefficient (Wildman–Crippen LogP) is 2.23. The van der Waals surface area contributed by atoms with Crippen LogP contribution in [0.2, 0.25) is 0 Å². The van der Waals surface area contributed by atoms with E-state index in [0.717, 1.165) is 9.37 Å². The molecule has 0 spiro atoms. The third-order valence-electron chi connectivity index (χ3n) is 3.25. The van der Waals surface area contributed by atoms with Gasteiger partial charge in [0.05, 0.1) is 5.75 Å². The zero-order chi connectivity index (χ0) is 14.5. The number of hydrogen-bond acceptors (Lipinski definition) is 3. The number of amides is 2. The van der Waals surface area contributed by atoms with Gasteiger partial charge in [0.15, 0.2) is 0 Å². The van der Waals surface area contributed by atoms with Crippen LogP contribution in [-0.4, -0.2) is 53.5 Å². The van der Waals surface area contributed by atoms with Crippen molar-refractivity contribution < 1.29 is 9.59 Å². The highest BCUT2D eigenvalue weighted by molar-refractivity contribution is 9.10. The maximum Gasteiger partial charge on any atom is 0.233 e. The molecule has 0 aromatic heterocycles. The third kappa shape index (κ3) is 4.24. The smallest absolute Gasteiger partial charge is 0.233 e. The Bertz CT molecular complexity index is 484. The van der Waals surface area contributed by atoms with Crippen LogP contribution in [0.3, 0.4) is 0 Å². The Labute approximate surface area is 131 Å². The first kappa shape index (κ1) is 15.4. The van der Waals surface area contributed by atoms with E-state index in [4.69, 9.17) is 0 Å². The van der Waals surface area contributed by atoms with E-state index in [2.05, 4.69) is 15.9 Å². The van der Waals surface area contributed by atoms with Crippen LogP contribution >= 0.6 is 27.7 Å². The Kier molecular flexibility index (Phi) is 5.48. The predicted molar refractivity (Wildman–Crippen MR) is 83.7 cm³/mol. The van der Waals surface area contributed by atoms with E-state index < -0.39 is 0 Å². The monoisotopic (exact) mass is 356 g/mol. The van der Waals surface area contributed by atoms with Gasteiger partial charge in [0.25, 0.3) is 0 Å². The van der Waals surface area contributed by atoms with Crippen molar-refractivity contribution in [3.8, 4) is 0 Å². The summed E-state index contributed by atoms with van der Waals surface area (Å²) in [4.78, 5) is 28.0. The summed E-state index contributed by atoms with van der Waals surface area (Å²) >= 11 is 4.93. The summed E-state index contributed by atoms with van der Waals surface area (Å²) in [6.45, 7) is 4.13. The first-order chi connectivity index (χ1) is 9.56. The minimum absolute atomic E-state index is 0.0846. The molecule has 108 valence electrons. The Balaban J connectivity index is 1.78. The first-order valence-electron chi connectivity index (χ1n) is 6.48. The molecule has 1 heterocycles. The molecule has 1 aromatic rings. The van der Waals surface area contributed by atoms with Crippen LogP contribution in [0.4, 0.5) is 0 Å². The fourth-order valence-corrected chi connectivity index (χ4v) is 3.10. The fourth-order valence-electron chi connectivity index (χ4n) is 2.04. The van der Waals surface area contributed by atoms with E-state index in [0.29, 0.717) is 31.9 Å². The minimum atomic E-state index is 0.0846. The molecule has 0 saturated carbocycles. The number of rotatable bonds is 3. The number of carbonyl (C=O) groups is 2. The lowest BCUT2D eigenvalue weighted by molar-refractivity contribution is -0.136. The molecule has 1 fully saturated rings. The molecule has 1 aromatic carbocycles. The fraction of sp³-hybridized carbons (Fsp3) is 0.429. The van der Waals surface area contributed by atoms with E-state index >= 15 is 0 Å². The van der Waals surface area contributed by atoms with Gasteiger partial charge in [-0.1, -0.05) is 15.9 Å². The van der Waals surface area contributed by atoms with Gasteiger partial charge in [0.2, 0.25) is 11.8 Å². The second-order valence-corrected chi connectivity index (χ2v) is 6.59. The molecule has 0 unspecified atom stereocenters. The van der Waals surface area contributed by atoms with E-state index in [1.165, 1.54) is 0 Å². The normalized spacial score (nSPS) is 15.3. The topological polar surface area (TPSA) is 40.6 Å². The van der Waals surface area contributed by atoms with Gasteiger partial charge in [0, 0.05) is 42.5 Å². The van der Waals surface area contributed by atoms with Gasteiger partial charge in [-0.25, -0.2) is 0 Å². The van der Waals surface area contributed by atoms with Gasteiger partial charge in [-0.05, 0) is 24.3 Å². The molecule has 0 radical (unpaired) electrons. The van der Waals surface area contributed by atoms with Crippen LogP contribution in [0.25, 0.3) is 0 Å². The summed E-state index contributed by atoms with van der Waals surface area (Å²) in [5, 5.41) is 0. The van der Waals surface area contributed by atoms with Gasteiger partial charge < -0.3 is 9.80 Å². The van der Waals surface area contributed by atoms with Crippen molar-refractivity contribution in [2.24, 2.45) is 0 Å². The molecule has 1 aliphatic rings. The number of carbonyl (C=O) groups excluding carboxylic acids is 2. The second-order valence-electron chi connectivity index (χ2n) is 4.63. The molecule has 4 nitrogen and oxygen atoms in total. The van der Waals surface area contributed by atoms with Crippen LogP contribution in [-0.2, 0) is 9.59 Å². The van der Waals surface area contributed by atoms with Crippen LogP contribution in [0.15, 0.2) is 33.6 Å². The molecule has 0 N–H and O–H groups in total. The van der Waals surface area contributed by atoms with E-state index in [9.17, 15) is 9.59 Å². The first-order valence-corrected chi connectivity index (χ1v) is 8.26. The van der Waals surface area contributed by atoms with Crippen molar-refractivity contribution in [1.29, 1.82) is 0 Å². The lowest BCUT2D eigenvalue weighted by atomic mass is 10.3. The molecule has 1 saturated heterocycles. The summed E-state index contributed by atoms with van der Waals surface area (Å²) in [6, 6.07) is 7.93. The standard InChI is InChI=1S/C14H17BrN2O2S/c1-11(18)16-6-8-17(9-7-16)14(19)10-20-13-4-2-12(15)3-5-13/h2-5H,6-10H2,1H3. The highest BCUT2D eigenvalue weighted by Gasteiger charge is 2.22. The Morgan fingerprint density at radius 2 is 1.65 bits per heavy atom. The maximum absolute atomic E-state index is 12.1. The van der Waals surface area contributed by atoms with Crippen molar-refractivity contribution >= 4 is 39.5 Å². The maximum atomic E-state index is 12.1. The van der Waals surface area contributed by atoms with Gasteiger partial charge in [0.1, 0.15) is 0 Å². The Morgan fingerprint density at radius 1 is 1.10 bits per heavy atom. The van der Waals surface area contributed by atoms with E-state index in [1.807, 2.05) is 29.2 Å². The van der Waals surface area contributed by atoms with Crippen molar-refractivity contribution in [1.82, 2.24) is 9.80 Å². The molecule has 0 aliphatic carbocycles. The lowest BCUT2D eigenvalue weighted by Crippen LogP contribution is -2.50. The minimum Gasteiger partial charge on any atom is -0.339 e. The number of piperazine rings is 1. The number of halogens is 1. The van der Waals surface area contributed by atoms with Crippen molar-refractivity contribution in [2.45, 2.75) is 11.8 Å². The molecular formula is C14H17BrN2O2S. The Hall–Kier alpha value is -1.01. The van der Waals surface area contributed by atoms with Crippen LogP contribution < -0.4 is 0 Å². The van der Waals surface area contributed by atoms with E-state index in [-0.39, 0.29) is 11.8 Å². The summed E-state index contributed by atoms with van der Waals surface area (Å²) < 4.78 is 1.04. The summed E-state index contributed by atoms with van der Waals surface area (Å²) in [5.74, 6) is 0.671. The average Bonchev–Trinajstić information content (AvgIpc) is 2.46. The summed E-state index contributed by atoms with van der Waals surface area (Å²) in [7, 11) is 0. The molecular weight excluding hydrogens is 340 g/mol. The number of nitrogens with zero attached hydrogens (tertiary/aromatic N) is 2. The van der Waals surface area contributed by atoms with Crippen LogP contribution in [0, 0.1) is 0 Å². The summed E-state index contributed by atoms with van der Waals surface area (Å²) in [6.07, 6.45) is 0. The van der Waals surface area contributed by atoms with Crippen LogP contribution in [0.5, 0.6) is 0 Å². The largest absolute Gasteiger partial charge is 0.339 e. The number of thioether (sulfide) groups is 1. The quantitative estimate of drug-likeness (QED) is 0.779. The second kappa shape index (κ2) is 7.13. The Morgan fingerprint density at radius 3 is 2.20 bits per heavy atom. The molecule has 20 heavy (non-hydrogen) atoms. The van der Waals surface area contributed by atoms with Gasteiger partial charge in [-0.3, -0.25) is 9.59 Å². The van der Waals surface area contributed by atoms with Gasteiger partial charge in [-0.2, -0.15) is 0 Å². The molecule has 1 aliphatic heterocycles. The highest BCUT2D eigenvalue weighted by atomic mass is 79.9. The molecule has 2 rings (SSSR count). The molecule has 0 atom stereocenters.